The van der Waals surface area contributed by atoms with Gasteiger partial charge in [0.2, 0.25) is 0 Å². The highest BCUT2D eigenvalue weighted by molar-refractivity contribution is 5.32. The van der Waals surface area contributed by atoms with Crippen LogP contribution in [0.4, 0.5) is 8.78 Å². The molecule has 0 amide bonds. The van der Waals surface area contributed by atoms with Gasteiger partial charge in [0.1, 0.15) is 11.5 Å². The Bertz CT molecular complexity index is 551. The second-order valence-electron chi connectivity index (χ2n) is 4.77. The minimum Gasteiger partial charge on any atom is -0.311 e. The molecule has 0 fully saturated rings. The van der Waals surface area contributed by atoms with Gasteiger partial charge in [0.25, 0.3) is 0 Å². The van der Waals surface area contributed by atoms with Crippen molar-refractivity contribution in [1.29, 1.82) is 0 Å². The van der Waals surface area contributed by atoms with Crippen LogP contribution in [-0.2, 0) is 6.54 Å². The van der Waals surface area contributed by atoms with Gasteiger partial charge in [-0.05, 0) is 24.6 Å². The number of benzene rings is 1. The first kappa shape index (κ1) is 13.6. The van der Waals surface area contributed by atoms with Crippen molar-refractivity contribution in [2.24, 2.45) is 5.92 Å². The Morgan fingerprint density at radius 2 is 2.11 bits per heavy atom. The lowest BCUT2D eigenvalue weighted by molar-refractivity contribution is 0.548. The molecule has 0 aliphatic heterocycles. The minimum atomic E-state index is -0.661. The van der Waals surface area contributed by atoms with E-state index in [1.807, 2.05) is 0 Å². The summed E-state index contributed by atoms with van der Waals surface area (Å²) in [5.74, 6) is -0.726. The number of aromatic nitrogens is 3. The molecule has 0 atom stereocenters. The Hall–Kier alpha value is -1.82. The van der Waals surface area contributed by atoms with E-state index in [0.29, 0.717) is 18.2 Å². The molecule has 6 heteroatoms. The van der Waals surface area contributed by atoms with Crippen LogP contribution in [0.2, 0.25) is 0 Å². The van der Waals surface area contributed by atoms with Gasteiger partial charge < -0.3 is 5.32 Å². The van der Waals surface area contributed by atoms with Crippen molar-refractivity contribution in [3.05, 3.63) is 41.7 Å². The van der Waals surface area contributed by atoms with Crippen molar-refractivity contribution < 1.29 is 8.78 Å². The molecule has 1 aromatic heterocycles. The van der Waals surface area contributed by atoms with Gasteiger partial charge >= 0.3 is 0 Å². The Morgan fingerprint density at radius 1 is 1.32 bits per heavy atom. The van der Waals surface area contributed by atoms with Crippen LogP contribution in [0.15, 0.2) is 24.4 Å². The summed E-state index contributed by atoms with van der Waals surface area (Å²) < 4.78 is 27.7. The molecular weight excluding hydrogens is 250 g/mol. The number of hydrogen-bond donors (Lipinski definition) is 1. The van der Waals surface area contributed by atoms with E-state index in [2.05, 4.69) is 29.5 Å². The third-order valence-electron chi connectivity index (χ3n) is 2.56. The van der Waals surface area contributed by atoms with Gasteiger partial charge in [-0.3, -0.25) is 0 Å². The lowest BCUT2D eigenvalue weighted by Crippen LogP contribution is -2.19. The number of hydrogen-bond acceptors (Lipinski definition) is 3. The fraction of sp³-hybridized carbons (Fsp3) is 0.385. The van der Waals surface area contributed by atoms with E-state index >= 15 is 0 Å². The van der Waals surface area contributed by atoms with Gasteiger partial charge in [0, 0.05) is 12.6 Å². The van der Waals surface area contributed by atoms with Crippen LogP contribution in [0.1, 0.15) is 19.5 Å². The molecule has 0 saturated carbocycles. The summed E-state index contributed by atoms with van der Waals surface area (Å²) in [5, 5.41) is 11.0. The van der Waals surface area contributed by atoms with Crippen LogP contribution in [0.5, 0.6) is 0 Å². The summed E-state index contributed by atoms with van der Waals surface area (Å²) >= 11 is 0. The first-order valence-electron chi connectivity index (χ1n) is 6.13. The molecule has 102 valence electrons. The molecule has 0 saturated heterocycles. The van der Waals surface area contributed by atoms with Gasteiger partial charge in [0.15, 0.2) is 5.82 Å². The second-order valence-corrected chi connectivity index (χ2v) is 4.77. The summed E-state index contributed by atoms with van der Waals surface area (Å²) in [6.45, 7) is 5.66. The summed E-state index contributed by atoms with van der Waals surface area (Å²) in [6, 6.07) is 3.36. The van der Waals surface area contributed by atoms with Crippen LogP contribution < -0.4 is 5.32 Å². The first-order chi connectivity index (χ1) is 9.06. The maximum Gasteiger partial charge on any atom is 0.151 e. The molecule has 0 aliphatic carbocycles. The van der Waals surface area contributed by atoms with E-state index < -0.39 is 11.6 Å². The normalized spacial score (nSPS) is 11.2. The lowest BCUT2D eigenvalue weighted by Gasteiger charge is -2.04. The zero-order valence-electron chi connectivity index (χ0n) is 10.9. The lowest BCUT2D eigenvalue weighted by atomic mass is 10.2. The molecule has 0 radical (unpaired) electrons. The first-order valence-corrected chi connectivity index (χ1v) is 6.13. The van der Waals surface area contributed by atoms with Crippen molar-refractivity contribution >= 4 is 0 Å². The molecule has 2 rings (SSSR count). The number of halogens is 2. The molecule has 0 unspecified atom stereocenters. The van der Waals surface area contributed by atoms with Gasteiger partial charge in [-0.15, -0.1) is 5.10 Å². The number of nitrogens with zero attached hydrogens (tertiary/aromatic N) is 3. The second kappa shape index (κ2) is 5.88. The fourth-order valence-electron chi connectivity index (χ4n) is 1.65. The predicted octanol–water partition coefficient (Wildman–Crippen LogP) is 2.29. The summed E-state index contributed by atoms with van der Waals surface area (Å²) in [4.78, 5) is 0. The van der Waals surface area contributed by atoms with E-state index in [1.54, 1.807) is 6.20 Å². The average molecular weight is 266 g/mol. The maximum absolute atomic E-state index is 13.6. The van der Waals surface area contributed by atoms with Crippen LogP contribution in [0, 0.1) is 17.6 Å². The van der Waals surface area contributed by atoms with Crippen LogP contribution in [0.25, 0.3) is 5.69 Å². The topological polar surface area (TPSA) is 42.7 Å². The zero-order valence-corrected chi connectivity index (χ0v) is 10.9. The highest BCUT2D eigenvalue weighted by atomic mass is 19.1. The molecule has 1 N–H and O–H groups in total. The number of rotatable bonds is 5. The quantitative estimate of drug-likeness (QED) is 0.903. The molecule has 1 aromatic carbocycles. The van der Waals surface area contributed by atoms with Crippen molar-refractivity contribution in [1.82, 2.24) is 20.3 Å². The summed E-state index contributed by atoms with van der Waals surface area (Å²) in [5.41, 5.74) is 0.897. The van der Waals surface area contributed by atoms with Crippen molar-refractivity contribution in [2.75, 3.05) is 6.54 Å². The van der Waals surface area contributed by atoms with Crippen molar-refractivity contribution in [2.45, 2.75) is 20.4 Å². The Balaban J connectivity index is 2.08. The highest BCUT2D eigenvalue weighted by Gasteiger charge is 2.08. The summed E-state index contributed by atoms with van der Waals surface area (Å²) in [6.07, 6.45) is 1.63. The van der Waals surface area contributed by atoms with Gasteiger partial charge in [-0.25, -0.2) is 13.5 Å². The Morgan fingerprint density at radius 3 is 2.79 bits per heavy atom. The van der Waals surface area contributed by atoms with Gasteiger partial charge in [0.05, 0.1) is 11.9 Å². The zero-order chi connectivity index (χ0) is 13.8. The molecule has 1 heterocycles. The molecule has 4 nitrogen and oxygen atoms in total. The Labute approximate surface area is 110 Å². The van der Waals surface area contributed by atoms with E-state index in [4.69, 9.17) is 0 Å². The smallest absolute Gasteiger partial charge is 0.151 e. The average Bonchev–Trinajstić information content (AvgIpc) is 2.77. The standard InChI is InChI=1S/C13H16F2N4/c1-9(2)6-16-7-11-8-19(18-17-11)13-4-3-10(14)5-12(13)15/h3-5,8-9,16H,6-7H2,1-2H3. The Kier molecular flexibility index (Phi) is 4.21. The third-order valence-corrected chi connectivity index (χ3v) is 2.56. The SMILES string of the molecule is CC(C)CNCc1cn(-c2ccc(F)cc2F)nn1. The number of nitrogens with one attached hydrogen (secondary N) is 1. The third kappa shape index (κ3) is 3.57. The van der Waals surface area contributed by atoms with E-state index in [0.717, 1.165) is 12.6 Å². The van der Waals surface area contributed by atoms with Gasteiger partial charge in [-0.2, -0.15) is 0 Å². The molecular formula is C13H16F2N4. The predicted molar refractivity (Wildman–Crippen MR) is 67.8 cm³/mol. The van der Waals surface area contributed by atoms with E-state index in [-0.39, 0.29) is 5.69 Å². The van der Waals surface area contributed by atoms with Crippen molar-refractivity contribution in [3.8, 4) is 5.69 Å². The molecule has 0 spiro atoms. The summed E-state index contributed by atoms with van der Waals surface area (Å²) in [7, 11) is 0. The maximum atomic E-state index is 13.6. The highest BCUT2D eigenvalue weighted by Crippen LogP contribution is 2.13. The molecule has 2 aromatic rings. The van der Waals surface area contributed by atoms with Crippen LogP contribution in [0.3, 0.4) is 0 Å². The molecule has 0 aliphatic rings. The minimum absolute atomic E-state index is 0.184. The monoisotopic (exact) mass is 266 g/mol. The van der Waals surface area contributed by atoms with Crippen LogP contribution in [-0.4, -0.2) is 21.5 Å². The van der Waals surface area contributed by atoms with Gasteiger partial charge in [-0.1, -0.05) is 19.1 Å². The largest absolute Gasteiger partial charge is 0.311 e. The van der Waals surface area contributed by atoms with E-state index in [9.17, 15) is 8.78 Å². The van der Waals surface area contributed by atoms with Crippen molar-refractivity contribution in [3.63, 3.8) is 0 Å². The van der Waals surface area contributed by atoms with E-state index in [1.165, 1.54) is 16.8 Å². The fourth-order valence-corrected chi connectivity index (χ4v) is 1.65. The molecule has 0 bridgehead atoms. The van der Waals surface area contributed by atoms with Crippen LogP contribution >= 0.6 is 0 Å². The molecule has 19 heavy (non-hydrogen) atoms.